The lowest BCUT2D eigenvalue weighted by molar-refractivity contribution is -0.143. The van der Waals surface area contributed by atoms with Crippen molar-refractivity contribution in [1.82, 2.24) is 25.2 Å². The van der Waals surface area contributed by atoms with Crippen LogP contribution in [-0.2, 0) is 27.4 Å². The number of methoxy groups -OCH3 is 2. The van der Waals surface area contributed by atoms with Gasteiger partial charge in [-0.2, -0.15) is 0 Å². The molecule has 0 unspecified atom stereocenters. The topological polar surface area (TPSA) is 108 Å². The Kier molecular flexibility index (Phi) is 8.56. The molecule has 1 saturated heterocycles. The summed E-state index contributed by atoms with van der Waals surface area (Å²) in [6, 6.07) is 21.4. The fourth-order valence-electron chi connectivity index (χ4n) is 4.99. The molecule has 1 aromatic heterocycles. The Labute approximate surface area is 232 Å². The predicted octanol–water partition coefficient (Wildman–Crippen LogP) is 3.51. The summed E-state index contributed by atoms with van der Waals surface area (Å²) in [4.78, 5) is 29.6. The van der Waals surface area contributed by atoms with Crippen molar-refractivity contribution in [2.75, 3.05) is 27.4 Å². The van der Waals surface area contributed by atoms with Gasteiger partial charge >= 0.3 is 0 Å². The SMILES string of the molecule is COc1ccc([C@H](C(=O)NCc2ccccc2)N(C[C@H]2CCCO2)C(=O)Cn2nnc3ccccc32)cc1OC. The third kappa shape index (κ3) is 6.07. The van der Waals surface area contributed by atoms with Gasteiger partial charge in [-0.25, -0.2) is 4.68 Å². The average Bonchev–Trinajstić information content (AvgIpc) is 3.66. The highest BCUT2D eigenvalue weighted by Gasteiger charge is 2.35. The molecule has 1 fully saturated rings. The molecule has 5 rings (SSSR count). The molecule has 40 heavy (non-hydrogen) atoms. The van der Waals surface area contributed by atoms with E-state index in [9.17, 15) is 9.59 Å². The second-order valence-electron chi connectivity index (χ2n) is 9.64. The van der Waals surface area contributed by atoms with E-state index in [-0.39, 0.29) is 31.0 Å². The molecule has 2 heterocycles. The minimum absolute atomic E-state index is 0.0804. The first-order valence-electron chi connectivity index (χ1n) is 13.3. The van der Waals surface area contributed by atoms with E-state index >= 15 is 0 Å². The van der Waals surface area contributed by atoms with Crippen molar-refractivity contribution in [3.05, 3.63) is 83.9 Å². The van der Waals surface area contributed by atoms with Crippen molar-refractivity contribution < 1.29 is 23.8 Å². The molecule has 208 valence electrons. The first kappa shape index (κ1) is 27.1. The number of nitrogens with zero attached hydrogens (tertiary/aromatic N) is 4. The molecule has 0 radical (unpaired) electrons. The number of ether oxygens (including phenoxy) is 3. The summed E-state index contributed by atoms with van der Waals surface area (Å²) >= 11 is 0. The van der Waals surface area contributed by atoms with Crippen LogP contribution in [0.25, 0.3) is 11.0 Å². The van der Waals surface area contributed by atoms with Crippen LogP contribution in [0, 0.1) is 0 Å². The van der Waals surface area contributed by atoms with Crippen molar-refractivity contribution >= 4 is 22.8 Å². The van der Waals surface area contributed by atoms with Crippen LogP contribution in [0.15, 0.2) is 72.8 Å². The Morgan fingerprint density at radius 2 is 1.82 bits per heavy atom. The van der Waals surface area contributed by atoms with Gasteiger partial charge in [-0.05, 0) is 48.2 Å². The van der Waals surface area contributed by atoms with Gasteiger partial charge in [0.1, 0.15) is 18.1 Å². The number of fused-ring (bicyclic) bond motifs is 1. The second-order valence-corrected chi connectivity index (χ2v) is 9.64. The molecule has 3 aromatic carbocycles. The van der Waals surface area contributed by atoms with Crippen molar-refractivity contribution in [2.24, 2.45) is 0 Å². The van der Waals surface area contributed by atoms with Crippen LogP contribution in [0.2, 0.25) is 0 Å². The van der Waals surface area contributed by atoms with E-state index < -0.39 is 6.04 Å². The van der Waals surface area contributed by atoms with Gasteiger partial charge in [0.05, 0.1) is 25.8 Å². The van der Waals surface area contributed by atoms with Gasteiger partial charge in [0.25, 0.3) is 0 Å². The number of hydrogen-bond acceptors (Lipinski definition) is 7. The Morgan fingerprint density at radius 1 is 1.05 bits per heavy atom. The number of carbonyl (C=O) groups is 2. The van der Waals surface area contributed by atoms with E-state index in [2.05, 4.69) is 15.6 Å². The third-order valence-electron chi connectivity index (χ3n) is 7.04. The van der Waals surface area contributed by atoms with Crippen LogP contribution in [0.1, 0.15) is 30.0 Å². The summed E-state index contributed by atoms with van der Waals surface area (Å²) in [5.74, 6) is 0.403. The number of aromatic nitrogens is 3. The summed E-state index contributed by atoms with van der Waals surface area (Å²) < 4.78 is 18.4. The van der Waals surface area contributed by atoms with Crippen LogP contribution >= 0.6 is 0 Å². The average molecular weight is 544 g/mol. The Hall–Kier alpha value is -4.44. The minimum atomic E-state index is -0.949. The van der Waals surface area contributed by atoms with Crippen molar-refractivity contribution in [2.45, 2.75) is 38.1 Å². The first-order valence-corrected chi connectivity index (χ1v) is 13.3. The van der Waals surface area contributed by atoms with E-state index in [4.69, 9.17) is 14.2 Å². The standard InChI is InChI=1S/C30H33N5O5/c1-38-26-15-14-22(17-27(26)39-2)29(30(37)31-18-21-9-4-3-5-10-21)34(19-23-11-8-16-40-23)28(36)20-35-25-13-7-6-12-24(25)32-33-35/h3-7,9-10,12-15,17,23,29H,8,11,16,18-20H2,1-2H3,(H,31,37)/t23-,29-/m1/s1. The van der Waals surface area contributed by atoms with E-state index in [0.29, 0.717) is 35.7 Å². The second kappa shape index (κ2) is 12.6. The van der Waals surface area contributed by atoms with Crippen molar-refractivity contribution in [3.63, 3.8) is 0 Å². The number of hydrogen-bond donors (Lipinski definition) is 1. The quantitative estimate of drug-likeness (QED) is 0.308. The number of rotatable bonds is 11. The first-order chi connectivity index (χ1) is 19.6. The molecule has 0 saturated carbocycles. The molecule has 2 atom stereocenters. The van der Waals surface area contributed by atoms with Crippen LogP contribution < -0.4 is 14.8 Å². The lowest BCUT2D eigenvalue weighted by Gasteiger charge is -2.33. The van der Waals surface area contributed by atoms with Crippen molar-refractivity contribution in [1.29, 1.82) is 0 Å². The number of amides is 2. The molecule has 0 spiro atoms. The number of carbonyl (C=O) groups excluding carboxylic acids is 2. The summed E-state index contributed by atoms with van der Waals surface area (Å²) in [6.45, 7) is 1.12. The van der Waals surface area contributed by atoms with Gasteiger partial charge in [0, 0.05) is 19.7 Å². The summed E-state index contributed by atoms with van der Waals surface area (Å²) in [5, 5.41) is 11.4. The highest BCUT2D eigenvalue weighted by molar-refractivity contribution is 5.89. The molecule has 4 aromatic rings. The maximum absolute atomic E-state index is 14.1. The highest BCUT2D eigenvalue weighted by Crippen LogP contribution is 2.33. The molecule has 2 amide bonds. The zero-order valence-electron chi connectivity index (χ0n) is 22.7. The third-order valence-corrected chi connectivity index (χ3v) is 7.04. The lowest BCUT2D eigenvalue weighted by Crippen LogP contribution is -2.47. The summed E-state index contributed by atoms with van der Waals surface area (Å²) in [7, 11) is 3.09. The maximum atomic E-state index is 14.1. The molecule has 1 N–H and O–H groups in total. The molecule has 10 nitrogen and oxygen atoms in total. The van der Waals surface area contributed by atoms with E-state index in [1.165, 1.54) is 7.11 Å². The molecule has 0 bridgehead atoms. The Balaban J connectivity index is 1.51. The molecule has 1 aliphatic rings. The van der Waals surface area contributed by atoms with E-state index in [1.54, 1.807) is 34.9 Å². The van der Waals surface area contributed by atoms with Crippen molar-refractivity contribution in [3.8, 4) is 11.5 Å². The number of nitrogens with one attached hydrogen (secondary N) is 1. The molecular weight excluding hydrogens is 510 g/mol. The van der Waals surface area contributed by atoms with E-state index in [0.717, 1.165) is 23.9 Å². The smallest absolute Gasteiger partial charge is 0.247 e. The van der Waals surface area contributed by atoms with Gasteiger partial charge < -0.3 is 24.4 Å². The van der Waals surface area contributed by atoms with Crippen LogP contribution in [-0.4, -0.2) is 65.2 Å². The van der Waals surface area contributed by atoms with Gasteiger partial charge in [0.15, 0.2) is 11.5 Å². The van der Waals surface area contributed by atoms with Gasteiger partial charge in [-0.15, -0.1) is 5.10 Å². The van der Waals surface area contributed by atoms with Gasteiger partial charge in [0.2, 0.25) is 11.8 Å². The van der Waals surface area contributed by atoms with Gasteiger partial charge in [-0.3, -0.25) is 9.59 Å². The monoisotopic (exact) mass is 543 g/mol. The zero-order valence-corrected chi connectivity index (χ0v) is 22.7. The molecule has 10 heteroatoms. The summed E-state index contributed by atoms with van der Waals surface area (Å²) in [5.41, 5.74) is 2.98. The van der Waals surface area contributed by atoms with Gasteiger partial charge in [-0.1, -0.05) is 53.7 Å². The maximum Gasteiger partial charge on any atom is 0.247 e. The fourth-order valence-corrected chi connectivity index (χ4v) is 4.99. The fraction of sp³-hybridized carbons (Fsp3) is 0.333. The van der Waals surface area contributed by atoms with E-state index in [1.807, 2.05) is 54.6 Å². The molecule has 0 aliphatic carbocycles. The Bertz CT molecular complexity index is 1450. The Morgan fingerprint density at radius 3 is 2.58 bits per heavy atom. The number of benzene rings is 3. The normalized spacial score (nSPS) is 15.5. The minimum Gasteiger partial charge on any atom is -0.493 e. The summed E-state index contributed by atoms with van der Waals surface area (Å²) in [6.07, 6.45) is 1.53. The largest absolute Gasteiger partial charge is 0.493 e. The lowest BCUT2D eigenvalue weighted by atomic mass is 10.0. The molecule has 1 aliphatic heterocycles. The predicted molar refractivity (Wildman–Crippen MR) is 149 cm³/mol. The van der Waals surface area contributed by atoms with Crippen LogP contribution in [0.3, 0.4) is 0 Å². The number of para-hydroxylation sites is 1. The highest BCUT2D eigenvalue weighted by atomic mass is 16.5. The zero-order chi connectivity index (χ0) is 27.9. The van der Waals surface area contributed by atoms with Crippen LogP contribution in [0.4, 0.5) is 0 Å². The molecular formula is C30H33N5O5. The van der Waals surface area contributed by atoms with Crippen LogP contribution in [0.5, 0.6) is 11.5 Å².